The van der Waals surface area contributed by atoms with E-state index in [-0.39, 0.29) is 22.5 Å². The molecule has 1 aromatic rings. The molecule has 1 N–H and O–H groups in total. The van der Waals surface area contributed by atoms with Gasteiger partial charge in [0.05, 0.1) is 5.41 Å². The topological polar surface area (TPSA) is 46.2 Å². The van der Waals surface area contributed by atoms with Crippen LogP contribution in [0, 0.1) is 30.1 Å². The number of aryl methyl sites for hydroxylation is 2. The maximum atomic E-state index is 13.1. The fourth-order valence-corrected chi connectivity index (χ4v) is 4.56. The van der Waals surface area contributed by atoms with Crippen LogP contribution < -0.4 is 5.32 Å². The molecule has 2 unspecified atom stereocenters. The van der Waals surface area contributed by atoms with Gasteiger partial charge in [-0.25, -0.2) is 0 Å². The first-order valence-corrected chi connectivity index (χ1v) is 8.06. The van der Waals surface area contributed by atoms with Gasteiger partial charge in [-0.15, -0.1) is 0 Å². The molecule has 2 fully saturated rings. The fraction of sp³-hybridized carbons (Fsp3) is 0.579. The van der Waals surface area contributed by atoms with E-state index in [1.807, 2.05) is 32.9 Å². The third-order valence-electron chi connectivity index (χ3n) is 6.77. The molecule has 2 aliphatic rings. The number of hydrogen-bond acceptors (Lipinski definition) is 2. The first kappa shape index (κ1) is 15.3. The van der Waals surface area contributed by atoms with Crippen molar-refractivity contribution in [1.82, 2.24) is 0 Å². The quantitative estimate of drug-likeness (QED) is 0.896. The monoisotopic (exact) mass is 299 g/mol. The molecule has 0 saturated heterocycles. The van der Waals surface area contributed by atoms with Crippen LogP contribution in [-0.4, -0.2) is 11.7 Å². The molecule has 3 nitrogen and oxygen atoms in total. The Kier molecular flexibility index (Phi) is 3.08. The summed E-state index contributed by atoms with van der Waals surface area (Å²) in [6.07, 6.45) is 2.01. The minimum atomic E-state index is -0.559. The lowest BCUT2D eigenvalue weighted by Gasteiger charge is -2.38. The summed E-state index contributed by atoms with van der Waals surface area (Å²) in [7, 11) is 0. The summed E-state index contributed by atoms with van der Waals surface area (Å²) in [5, 5.41) is 3.10. The molecular weight excluding hydrogens is 274 g/mol. The number of Topliss-reactive ketones (excluding diaryl/α,β-unsaturated/α-hetero) is 1. The maximum absolute atomic E-state index is 13.1. The van der Waals surface area contributed by atoms with Crippen LogP contribution in [0.15, 0.2) is 18.2 Å². The fourth-order valence-electron chi connectivity index (χ4n) is 4.56. The van der Waals surface area contributed by atoms with Crippen LogP contribution in [0.2, 0.25) is 0 Å². The zero-order valence-electron chi connectivity index (χ0n) is 14.2. The van der Waals surface area contributed by atoms with Gasteiger partial charge in [0.25, 0.3) is 0 Å². The molecule has 1 amide bonds. The third-order valence-corrected chi connectivity index (χ3v) is 6.77. The molecule has 2 atom stereocenters. The predicted molar refractivity (Wildman–Crippen MR) is 87.7 cm³/mol. The lowest BCUT2D eigenvalue weighted by atomic mass is 9.64. The van der Waals surface area contributed by atoms with Gasteiger partial charge in [-0.3, -0.25) is 9.59 Å². The summed E-state index contributed by atoms with van der Waals surface area (Å²) in [5.41, 5.74) is 1.89. The Bertz CT molecular complexity index is 676. The van der Waals surface area contributed by atoms with Crippen molar-refractivity contribution < 1.29 is 9.59 Å². The summed E-state index contributed by atoms with van der Waals surface area (Å²) in [6, 6.07) is 6.03. The van der Waals surface area contributed by atoms with Gasteiger partial charge < -0.3 is 5.32 Å². The Morgan fingerprint density at radius 3 is 2.32 bits per heavy atom. The zero-order chi connectivity index (χ0) is 16.3. The van der Waals surface area contributed by atoms with Crippen LogP contribution in [0.1, 0.15) is 51.2 Å². The first-order valence-electron chi connectivity index (χ1n) is 8.06. The lowest BCUT2D eigenvalue weighted by molar-refractivity contribution is -0.131. The van der Waals surface area contributed by atoms with Gasteiger partial charge in [-0.2, -0.15) is 0 Å². The summed E-state index contributed by atoms with van der Waals surface area (Å²) >= 11 is 0. The van der Waals surface area contributed by atoms with Gasteiger partial charge in [0, 0.05) is 17.5 Å². The molecule has 0 aliphatic heterocycles. The van der Waals surface area contributed by atoms with Gasteiger partial charge in [0.1, 0.15) is 5.78 Å². The van der Waals surface area contributed by atoms with Crippen molar-refractivity contribution in [2.24, 2.45) is 16.2 Å². The van der Waals surface area contributed by atoms with E-state index in [9.17, 15) is 9.59 Å². The third kappa shape index (κ3) is 1.68. The van der Waals surface area contributed by atoms with E-state index in [4.69, 9.17) is 0 Å². The Hall–Kier alpha value is -1.64. The SMILES string of the molecule is Cc1ccc(NC(=O)C23CCC(C)(C(=O)C2)C3(C)C)c(C)c1. The molecule has 1 aromatic carbocycles. The van der Waals surface area contributed by atoms with E-state index in [0.29, 0.717) is 6.42 Å². The van der Waals surface area contributed by atoms with Crippen molar-refractivity contribution >= 4 is 17.4 Å². The van der Waals surface area contributed by atoms with Crippen LogP contribution in [0.25, 0.3) is 0 Å². The number of benzene rings is 1. The van der Waals surface area contributed by atoms with Gasteiger partial charge in [0.15, 0.2) is 0 Å². The Morgan fingerprint density at radius 1 is 1.14 bits per heavy atom. The normalized spacial score (nSPS) is 32.3. The van der Waals surface area contributed by atoms with Crippen molar-refractivity contribution in [2.45, 2.75) is 53.9 Å². The highest BCUT2D eigenvalue weighted by atomic mass is 16.2. The van der Waals surface area contributed by atoms with E-state index in [1.165, 1.54) is 5.56 Å². The van der Waals surface area contributed by atoms with E-state index in [0.717, 1.165) is 24.1 Å². The second-order valence-electron chi connectivity index (χ2n) is 7.91. The number of amides is 1. The smallest absolute Gasteiger partial charge is 0.231 e. The first-order chi connectivity index (χ1) is 10.1. The highest BCUT2D eigenvalue weighted by Gasteiger charge is 2.72. The van der Waals surface area contributed by atoms with Gasteiger partial charge >= 0.3 is 0 Å². The second kappa shape index (κ2) is 4.43. The standard InChI is InChI=1S/C19H25NO2/c1-12-6-7-14(13(2)10-12)20-16(22)19-9-8-18(5,15(21)11-19)17(19,3)4/h6-7,10H,8-9,11H2,1-5H3,(H,20,22). The average Bonchev–Trinajstić information content (AvgIpc) is 2.72. The second-order valence-corrected chi connectivity index (χ2v) is 7.91. The molecule has 0 spiro atoms. The summed E-state index contributed by atoms with van der Waals surface area (Å²) < 4.78 is 0. The number of anilines is 1. The van der Waals surface area contributed by atoms with Gasteiger partial charge in [-0.05, 0) is 43.7 Å². The van der Waals surface area contributed by atoms with Crippen LogP contribution in [0.3, 0.4) is 0 Å². The molecule has 2 aliphatic carbocycles. The van der Waals surface area contributed by atoms with Gasteiger partial charge in [-0.1, -0.05) is 38.5 Å². The number of ketones is 1. The molecule has 22 heavy (non-hydrogen) atoms. The number of carbonyl (C=O) groups is 2. The Labute approximate surface area is 132 Å². The average molecular weight is 299 g/mol. The molecule has 0 heterocycles. The minimum absolute atomic E-state index is 0.0130. The maximum Gasteiger partial charge on any atom is 0.231 e. The van der Waals surface area contributed by atoms with Crippen LogP contribution >= 0.6 is 0 Å². The van der Waals surface area contributed by atoms with E-state index < -0.39 is 5.41 Å². The van der Waals surface area contributed by atoms with E-state index in [1.54, 1.807) is 0 Å². The summed E-state index contributed by atoms with van der Waals surface area (Å²) in [4.78, 5) is 25.5. The zero-order valence-corrected chi connectivity index (χ0v) is 14.2. The molecule has 2 saturated carbocycles. The number of fused-ring (bicyclic) bond motifs is 2. The Morgan fingerprint density at radius 2 is 1.82 bits per heavy atom. The molecule has 0 aromatic heterocycles. The number of rotatable bonds is 2. The van der Waals surface area contributed by atoms with E-state index >= 15 is 0 Å². The number of carbonyl (C=O) groups excluding carboxylic acids is 2. The molecule has 2 bridgehead atoms. The van der Waals surface area contributed by atoms with Crippen molar-refractivity contribution in [2.75, 3.05) is 5.32 Å². The van der Waals surface area contributed by atoms with Crippen molar-refractivity contribution in [1.29, 1.82) is 0 Å². The summed E-state index contributed by atoms with van der Waals surface area (Å²) in [6.45, 7) is 10.3. The minimum Gasteiger partial charge on any atom is -0.325 e. The largest absolute Gasteiger partial charge is 0.325 e. The Balaban J connectivity index is 1.94. The van der Waals surface area contributed by atoms with Crippen molar-refractivity contribution in [3.8, 4) is 0 Å². The van der Waals surface area contributed by atoms with Crippen LogP contribution in [-0.2, 0) is 9.59 Å². The highest BCUT2D eigenvalue weighted by Crippen LogP contribution is 2.70. The lowest BCUT2D eigenvalue weighted by Crippen LogP contribution is -2.43. The molecular formula is C19H25NO2. The van der Waals surface area contributed by atoms with Crippen molar-refractivity contribution in [3.05, 3.63) is 29.3 Å². The van der Waals surface area contributed by atoms with Gasteiger partial charge in [0.2, 0.25) is 5.91 Å². The summed E-state index contributed by atoms with van der Waals surface area (Å²) in [5.74, 6) is 0.263. The van der Waals surface area contributed by atoms with Crippen molar-refractivity contribution in [3.63, 3.8) is 0 Å². The molecule has 3 heteroatoms. The van der Waals surface area contributed by atoms with Crippen LogP contribution in [0.5, 0.6) is 0 Å². The van der Waals surface area contributed by atoms with Crippen LogP contribution in [0.4, 0.5) is 5.69 Å². The van der Waals surface area contributed by atoms with E-state index in [2.05, 4.69) is 25.2 Å². The number of hydrogen-bond donors (Lipinski definition) is 1. The molecule has 118 valence electrons. The molecule has 3 rings (SSSR count). The predicted octanol–water partition coefficient (Wildman–Crippen LogP) is 4.03. The molecule has 0 radical (unpaired) electrons. The highest BCUT2D eigenvalue weighted by molar-refractivity contribution is 6.04. The number of nitrogens with one attached hydrogen (secondary N) is 1.